The molecule has 6 heteroatoms. The van der Waals surface area contributed by atoms with Gasteiger partial charge < -0.3 is 4.74 Å². The number of rotatable bonds is 3. The van der Waals surface area contributed by atoms with Gasteiger partial charge in [-0.3, -0.25) is 13.8 Å². The van der Waals surface area contributed by atoms with Crippen LogP contribution in [0, 0.1) is 13.8 Å². The van der Waals surface area contributed by atoms with E-state index in [1.165, 1.54) is 15.7 Å². The number of para-hydroxylation sites is 1. The number of hydrogen-bond donors (Lipinski definition) is 0. The van der Waals surface area contributed by atoms with Crippen LogP contribution in [0.4, 0.5) is 0 Å². The second-order valence-corrected chi connectivity index (χ2v) is 6.17. The van der Waals surface area contributed by atoms with Gasteiger partial charge in [-0.1, -0.05) is 18.2 Å². The maximum atomic E-state index is 12.5. The van der Waals surface area contributed by atoms with E-state index in [-0.39, 0.29) is 12.2 Å². The molecule has 126 valence electrons. The largest absolute Gasteiger partial charge is 0.486 e. The van der Waals surface area contributed by atoms with Crippen LogP contribution in [0.3, 0.4) is 0 Å². The molecule has 0 N–H and O–H groups in total. The fraction of sp³-hybridized carbons (Fsp3) is 0.211. The van der Waals surface area contributed by atoms with Gasteiger partial charge in [-0.25, -0.2) is 0 Å². The summed E-state index contributed by atoms with van der Waals surface area (Å²) in [5.41, 5.74) is 3.10. The van der Waals surface area contributed by atoms with E-state index in [0.717, 1.165) is 11.3 Å². The maximum absolute atomic E-state index is 12.5. The molecule has 0 aliphatic rings. The summed E-state index contributed by atoms with van der Waals surface area (Å²) in [7, 11) is 1.70. The van der Waals surface area contributed by atoms with Gasteiger partial charge in [0.1, 0.15) is 12.4 Å². The predicted molar refractivity (Wildman–Crippen MR) is 96.0 cm³/mol. The van der Waals surface area contributed by atoms with Crippen molar-refractivity contribution in [3.8, 4) is 5.75 Å². The average Bonchev–Trinajstić information content (AvgIpc) is 3.05. The lowest BCUT2D eigenvalue weighted by atomic mass is 10.1. The Hall–Kier alpha value is -3.15. The first kappa shape index (κ1) is 15.4. The van der Waals surface area contributed by atoms with Crippen LogP contribution < -0.4 is 10.3 Å². The minimum Gasteiger partial charge on any atom is -0.486 e. The highest BCUT2D eigenvalue weighted by Crippen LogP contribution is 2.19. The van der Waals surface area contributed by atoms with Crippen LogP contribution in [-0.4, -0.2) is 19.2 Å². The van der Waals surface area contributed by atoms with Gasteiger partial charge in [0.05, 0.1) is 10.9 Å². The molecule has 0 unspecified atom stereocenters. The third kappa shape index (κ3) is 2.46. The van der Waals surface area contributed by atoms with Crippen LogP contribution in [0.1, 0.15) is 17.0 Å². The molecule has 2 heterocycles. The zero-order chi connectivity index (χ0) is 17.6. The average molecular weight is 334 g/mol. The summed E-state index contributed by atoms with van der Waals surface area (Å²) >= 11 is 0. The van der Waals surface area contributed by atoms with Crippen molar-refractivity contribution in [3.63, 3.8) is 0 Å². The predicted octanol–water partition coefficient (Wildman–Crippen LogP) is 2.78. The Morgan fingerprint density at radius 3 is 2.64 bits per heavy atom. The van der Waals surface area contributed by atoms with Gasteiger partial charge in [0.2, 0.25) is 5.78 Å². The molecular weight excluding hydrogens is 316 g/mol. The van der Waals surface area contributed by atoms with Crippen LogP contribution in [0.25, 0.3) is 16.7 Å². The van der Waals surface area contributed by atoms with E-state index in [4.69, 9.17) is 4.74 Å². The number of aromatic nitrogens is 4. The molecule has 0 saturated heterocycles. The molecule has 25 heavy (non-hydrogen) atoms. The van der Waals surface area contributed by atoms with Gasteiger partial charge in [-0.15, -0.1) is 10.2 Å². The Labute approximate surface area is 144 Å². The Morgan fingerprint density at radius 2 is 1.84 bits per heavy atom. The molecule has 4 aromatic rings. The first-order valence-electron chi connectivity index (χ1n) is 8.08. The second-order valence-electron chi connectivity index (χ2n) is 6.17. The van der Waals surface area contributed by atoms with Gasteiger partial charge in [0.25, 0.3) is 5.56 Å². The molecular formula is C19H18N4O2. The quantitative estimate of drug-likeness (QED) is 0.578. The molecule has 6 nitrogen and oxygen atoms in total. The molecule has 0 radical (unpaired) electrons. The first-order chi connectivity index (χ1) is 12.1. The van der Waals surface area contributed by atoms with Crippen LogP contribution in [0.15, 0.2) is 47.3 Å². The molecule has 0 aliphatic heterocycles. The SMILES string of the molecule is Cc1ccc(OCc2nnc3n(C)c(=O)c4ccccc4n23)cc1C. The first-order valence-corrected chi connectivity index (χ1v) is 8.08. The van der Waals surface area contributed by atoms with Crippen molar-refractivity contribution < 1.29 is 4.74 Å². The van der Waals surface area contributed by atoms with Crippen LogP contribution in [0.2, 0.25) is 0 Å². The van der Waals surface area contributed by atoms with Gasteiger partial charge in [-0.05, 0) is 49.2 Å². The minimum absolute atomic E-state index is 0.0860. The highest BCUT2D eigenvalue weighted by molar-refractivity contribution is 5.80. The normalized spacial score (nSPS) is 11.3. The van der Waals surface area contributed by atoms with Crippen molar-refractivity contribution in [3.05, 3.63) is 69.8 Å². The lowest BCUT2D eigenvalue weighted by Gasteiger charge is -2.09. The lowest BCUT2D eigenvalue weighted by Crippen LogP contribution is -2.20. The summed E-state index contributed by atoms with van der Waals surface area (Å²) in [5.74, 6) is 1.94. The topological polar surface area (TPSA) is 61.4 Å². The standard InChI is InChI=1S/C19H18N4O2/c1-12-8-9-14(10-13(12)2)25-11-17-20-21-19-22(3)18(24)15-6-4-5-7-16(15)23(17)19/h4-10H,11H2,1-3H3. The highest BCUT2D eigenvalue weighted by Gasteiger charge is 2.14. The number of ether oxygens (including phenoxy) is 1. The van der Waals surface area contributed by atoms with Crippen LogP contribution in [-0.2, 0) is 13.7 Å². The van der Waals surface area contributed by atoms with E-state index in [1.807, 2.05) is 46.9 Å². The van der Waals surface area contributed by atoms with E-state index >= 15 is 0 Å². The Balaban J connectivity index is 1.80. The zero-order valence-electron chi connectivity index (χ0n) is 14.4. The van der Waals surface area contributed by atoms with Crippen molar-refractivity contribution in [2.24, 2.45) is 7.05 Å². The molecule has 2 aromatic heterocycles. The Morgan fingerprint density at radius 1 is 1.04 bits per heavy atom. The molecule has 0 saturated carbocycles. The minimum atomic E-state index is -0.0860. The summed E-state index contributed by atoms with van der Waals surface area (Å²) in [6.07, 6.45) is 0. The summed E-state index contributed by atoms with van der Waals surface area (Å²) < 4.78 is 9.28. The monoisotopic (exact) mass is 334 g/mol. The van der Waals surface area contributed by atoms with Gasteiger partial charge in [0, 0.05) is 7.05 Å². The highest BCUT2D eigenvalue weighted by atomic mass is 16.5. The second kappa shape index (κ2) is 5.73. The molecule has 4 rings (SSSR count). The number of fused-ring (bicyclic) bond motifs is 3. The van der Waals surface area contributed by atoms with E-state index in [0.29, 0.717) is 17.0 Å². The lowest BCUT2D eigenvalue weighted by molar-refractivity contribution is 0.294. The molecule has 0 atom stereocenters. The van der Waals surface area contributed by atoms with E-state index < -0.39 is 0 Å². The Bertz CT molecular complexity index is 1160. The summed E-state index contributed by atoms with van der Waals surface area (Å²) in [6.45, 7) is 4.39. The van der Waals surface area contributed by atoms with Gasteiger partial charge >= 0.3 is 0 Å². The van der Waals surface area contributed by atoms with E-state index in [9.17, 15) is 4.79 Å². The zero-order valence-corrected chi connectivity index (χ0v) is 14.4. The van der Waals surface area contributed by atoms with Crippen molar-refractivity contribution in [2.45, 2.75) is 20.5 Å². The maximum Gasteiger partial charge on any atom is 0.262 e. The molecule has 0 aliphatic carbocycles. The van der Waals surface area contributed by atoms with Crippen molar-refractivity contribution >= 4 is 16.7 Å². The fourth-order valence-corrected chi connectivity index (χ4v) is 2.94. The summed E-state index contributed by atoms with van der Waals surface area (Å²) in [6, 6.07) is 13.4. The number of aryl methyl sites for hydroxylation is 3. The molecule has 2 aromatic carbocycles. The van der Waals surface area contributed by atoms with Crippen molar-refractivity contribution in [1.82, 2.24) is 19.2 Å². The van der Waals surface area contributed by atoms with Gasteiger partial charge in [-0.2, -0.15) is 0 Å². The molecule has 0 bridgehead atoms. The van der Waals surface area contributed by atoms with Crippen LogP contribution >= 0.6 is 0 Å². The van der Waals surface area contributed by atoms with Crippen molar-refractivity contribution in [1.29, 1.82) is 0 Å². The molecule has 0 fully saturated rings. The van der Waals surface area contributed by atoms with Gasteiger partial charge in [0.15, 0.2) is 5.82 Å². The van der Waals surface area contributed by atoms with Crippen molar-refractivity contribution in [2.75, 3.05) is 0 Å². The van der Waals surface area contributed by atoms with Crippen LogP contribution in [0.5, 0.6) is 5.75 Å². The number of hydrogen-bond acceptors (Lipinski definition) is 4. The fourth-order valence-electron chi connectivity index (χ4n) is 2.94. The smallest absolute Gasteiger partial charge is 0.262 e. The Kier molecular flexibility index (Phi) is 3.53. The number of nitrogens with zero attached hydrogens (tertiary/aromatic N) is 4. The number of benzene rings is 2. The summed E-state index contributed by atoms with van der Waals surface area (Å²) in [4.78, 5) is 12.5. The van der Waals surface area contributed by atoms with E-state index in [2.05, 4.69) is 24.0 Å². The molecule has 0 amide bonds. The third-order valence-corrected chi connectivity index (χ3v) is 4.54. The third-order valence-electron chi connectivity index (χ3n) is 4.54. The summed E-state index contributed by atoms with van der Waals surface area (Å²) in [5, 5.41) is 9.03. The molecule has 0 spiro atoms. The van der Waals surface area contributed by atoms with E-state index in [1.54, 1.807) is 7.05 Å².